The summed E-state index contributed by atoms with van der Waals surface area (Å²) in [5.41, 5.74) is 3.70. The third-order valence-electron chi connectivity index (χ3n) is 4.34. The zero-order valence-corrected chi connectivity index (χ0v) is 13.4. The van der Waals surface area contributed by atoms with Crippen LogP contribution >= 0.6 is 0 Å². The van der Waals surface area contributed by atoms with Gasteiger partial charge in [-0.2, -0.15) is 0 Å². The molecule has 1 aliphatic rings. The fourth-order valence-corrected chi connectivity index (χ4v) is 3.16. The van der Waals surface area contributed by atoms with Gasteiger partial charge in [-0.25, -0.2) is 9.18 Å². The van der Waals surface area contributed by atoms with E-state index < -0.39 is 12.2 Å². The average Bonchev–Trinajstić information content (AvgIpc) is 3.04. The van der Waals surface area contributed by atoms with Crippen LogP contribution in [0.4, 0.5) is 9.18 Å². The Kier molecular flexibility index (Phi) is 3.94. The molecule has 3 nitrogen and oxygen atoms in total. The first-order valence-electron chi connectivity index (χ1n) is 8.09. The molecule has 1 N–H and O–H groups in total. The average molecular weight is 333 g/mol. The lowest BCUT2D eigenvalue weighted by atomic mass is 9.94. The minimum absolute atomic E-state index is 0.350. The fourth-order valence-electron chi connectivity index (χ4n) is 3.16. The molecule has 4 rings (SSSR count). The minimum atomic E-state index is -0.561. The van der Waals surface area contributed by atoms with E-state index >= 15 is 0 Å². The third kappa shape index (κ3) is 3.11. The fraction of sp³-hybridized carbons (Fsp3) is 0.0952. The van der Waals surface area contributed by atoms with E-state index in [4.69, 9.17) is 4.74 Å². The predicted octanol–water partition coefficient (Wildman–Crippen LogP) is 5.01. The maximum atomic E-state index is 13.6. The second-order valence-corrected chi connectivity index (χ2v) is 5.99. The van der Waals surface area contributed by atoms with E-state index in [0.717, 1.165) is 16.7 Å². The number of hydrogen-bond donors (Lipinski definition) is 1. The van der Waals surface area contributed by atoms with Gasteiger partial charge in [0.05, 0.1) is 6.04 Å². The number of benzene rings is 3. The van der Waals surface area contributed by atoms with Crippen molar-refractivity contribution >= 4 is 6.09 Å². The molecule has 25 heavy (non-hydrogen) atoms. The van der Waals surface area contributed by atoms with Crippen molar-refractivity contribution in [2.24, 2.45) is 0 Å². The molecule has 2 atom stereocenters. The Morgan fingerprint density at radius 2 is 1.52 bits per heavy atom. The molecule has 1 heterocycles. The molecule has 1 aliphatic heterocycles. The maximum absolute atomic E-state index is 13.6. The topological polar surface area (TPSA) is 38.3 Å². The van der Waals surface area contributed by atoms with Crippen LogP contribution in [0.15, 0.2) is 78.9 Å². The summed E-state index contributed by atoms with van der Waals surface area (Å²) in [6, 6.07) is 23.7. The first kappa shape index (κ1) is 15.4. The van der Waals surface area contributed by atoms with Crippen LogP contribution in [0.25, 0.3) is 11.1 Å². The molecular formula is C21H16FNO2. The van der Waals surface area contributed by atoms with Crippen molar-refractivity contribution in [1.82, 2.24) is 5.32 Å². The number of amides is 1. The Morgan fingerprint density at radius 1 is 0.800 bits per heavy atom. The van der Waals surface area contributed by atoms with Crippen LogP contribution in [0.2, 0.25) is 0 Å². The number of nitrogens with one attached hydrogen (secondary N) is 1. The minimum Gasteiger partial charge on any atom is -0.439 e. The van der Waals surface area contributed by atoms with Crippen LogP contribution in [-0.2, 0) is 4.74 Å². The summed E-state index contributed by atoms with van der Waals surface area (Å²) in [4.78, 5) is 11.8. The highest BCUT2D eigenvalue weighted by atomic mass is 19.1. The highest BCUT2D eigenvalue weighted by molar-refractivity contribution is 5.72. The lowest BCUT2D eigenvalue weighted by Crippen LogP contribution is -2.19. The quantitative estimate of drug-likeness (QED) is 0.731. The van der Waals surface area contributed by atoms with Gasteiger partial charge >= 0.3 is 6.09 Å². The molecule has 124 valence electrons. The van der Waals surface area contributed by atoms with E-state index in [2.05, 4.69) is 5.32 Å². The number of cyclic esters (lactones) is 1. The monoisotopic (exact) mass is 333 g/mol. The van der Waals surface area contributed by atoms with Crippen molar-refractivity contribution in [3.05, 3.63) is 95.8 Å². The highest BCUT2D eigenvalue weighted by Gasteiger charge is 2.36. The van der Waals surface area contributed by atoms with Gasteiger partial charge in [-0.15, -0.1) is 0 Å². The third-order valence-corrected chi connectivity index (χ3v) is 4.34. The van der Waals surface area contributed by atoms with Gasteiger partial charge in [0.2, 0.25) is 0 Å². The zero-order valence-electron chi connectivity index (χ0n) is 13.4. The van der Waals surface area contributed by atoms with E-state index in [1.54, 1.807) is 12.1 Å². The van der Waals surface area contributed by atoms with Crippen molar-refractivity contribution in [2.45, 2.75) is 12.1 Å². The molecular weight excluding hydrogens is 317 g/mol. The Bertz CT molecular complexity index is 911. The molecule has 0 spiro atoms. The van der Waals surface area contributed by atoms with Gasteiger partial charge in [0.15, 0.2) is 6.10 Å². The van der Waals surface area contributed by atoms with Crippen molar-refractivity contribution in [3.8, 4) is 11.1 Å². The largest absolute Gasteiger partial charge is 0.439 e. The van der Waals surface area contributed by atoms with Crippen LogP contribution in [0.3, 0.4) is 0 Å². The Labute approximate surface area is 145 Å². The van der Waals surface area contributed by atoms with Crippen molar-refractivity contribution in [3.63, 3.8) is 0 Å². The summed E-state index contributed by atoms with van der Waals surface area (Å²) < 4.78 is 19.0. The molecule has 4 heteroatoms. The normalized spacial score (nSPS) is 19.3. The van der Waals surface area contributed by atoms with Crippen LogP contribution in [0, 0.1) is 5.82 Å². The molecule has 0 bridgehead atoms. The molecule has 1 saturated heterocycles. The molecule has 0 unspecified atom stereocenters. The molecule has 0 aliphatic carbocycles. The van der Waals surface area contributed by atoms with E-state index in [1.165, 1.54) is 12.1 Å². The summed E-state index contributed by atoms with van der Waals surface area (Å²) in [5, 5.41) is 2.83. The predicted molar refractivity (Wildman–Crippen MR) is 93.4 cm³/mol. The lowest BCUT2D eigenvalue weighted by molar-refractivity contribution is 0.132. The number of carbonyl (C=O) groups excluding carboxylic acids is 1. The van der Waals surface area contributed by atoms with Gasteiger partial charge in [-0.3, -0.25) is 0 Å². The first-order valence-corrected chi connectivity index (χ1v) is 8.09. The van der Waals surface area contributed by atoms with Crippen molar-refractivity contribution in [1.29, 1.82) is 0 Å². The van der Waals surface area contributed by atoms with Crippen molar-refractivity contribution < 1.29 is 13.9 Å². The Balaban J connectivity index is 1.71. The zero-order chi connectivity index (χ0) is 17.2. The van der Waals surface area contributed by atoms with Crippen LogP contribution in [-0.4, -0.2) is 6.09 Å². The van der Waals surface area contributed by atoms with Gasteiger partial charge in [0.25, 0.3) is 0 Å². The number of alkyl carbamates (subject to hydrolysis) is 1. The molecule has 0 saturated carbocycles. The molecule has 1 fully saturated rings. The van der Waals surface area contributed by atoms with Crippen LogP contribution in [0.1, 0.15) is 23.3 Å². The molecule has 3 aromatic rings. The second kappa shape index (κ2) is 6.40. The molecule has 0 radical (unpaired) electrons. The van der Waals surface area contributed by atoms with E-state index in [0.29, 0.717) is 5.56 Å². The molecule has 0 aromatic heterocycles. The number of carbonyl (C=O) groups is 1. The first-order chi connectivity index (χ1) is 12.2. The highest BCUT2D eigenvalue weighted by Crippen LogP contribution is 2.37. The van der Waals surface area contributed by atoms with Crippen molar-refractivity contribution in [2.75, 3.05) is 0 Å². The lowest BCUT2D eigenvalue weighted by Gasteiger charge is -2.18. The van der Waals surface area contributed by atoms with Gasteiger partial charge < -0.3 is 10.1 Å². The summed E-state index contributed by atoms with van der Waals surface area (Å²) in [6.45, 7) is 0. The number of halogens is 1. The van der Waals surface area contributed by atoms with Crippen LogP contribution in [0.5, 0.6) is 0 Å². The maximum Gasteiger partial charge on any atom is 0.408 e. The van der Waals surface area contributed by atoms with E-state index in [1.807, 2.05) is 54.6 Å². The van der Waals surface area contributed by atoms with Gasteiger partial charge in [0.1, 0.15) is 5.82 Å². The van der Waals surface area contributed by atoms with Gasteiger partial charge in [-0.1, -0.05) is 60.7 Å². The standard InChI is InChI=1S/C21H16FNO2/c22-18-11-5-10-17(13-18)20-19(23-21(24)25-20)16-9-4-8-15(12-16)14-6-2-1-3-7-14/h1-13,19-20H,(H,23,24)/t19-,20-/m0/s1. The number of rotatable bonds is 3. The van der Waals surface area contributed by atoms with E-state index in [9.17, 15) is 9.18 Å². The summed E-state index contributed by atoms with van der Waals surface area (Å²) in [6.07, 6.45) is -1.06. The summed E-state index contributed by atoms with van der Waals surface area (Å²) >= 11 is 0. The summed E-state index contributed by atoms with van der Waals surface area (Å²) in [5.74, 6) is -0.350. The van der Waals surface area contributed by atoms with Gasteiger partial charge in [0, 0.05) is 0 Å². The second-order valence-electron chi connectivity index (χ2n) is 5.99. The summed E-state index contributed by atoms with van der Waals surface area (Å²) in [7, 11) is 0. The Morgan fingerprint density at radius 3 is 2.32 bits per heavy atom. The SMILES string of the molecule is O=C1N[C@@H](c2cccc(-c3ccccc3)c2)[C@H](c2cccc(F)c2)O1. The Hall–Kier alpha value is -3.14. The molecule has 1 amide bonds. The van der Waals surface area contributed by atoms with Crippen LogP contribution < -0.4 is 5.32 Å². The number of hydrogen-bond acceptors (Lipinski definition) is 2. The number of ether oxygens (including phenoxy) is 1. The smallest absolute Gasteiger partial charge is 0.408 e. The van der Waals surface area contributed by atoms with E-state index in [-0.39, 0.29) is 11.9 Å². The van der Waals surface area contributed by atoms with Gasteiger partial charge in [-0.05, 0) is 40.5 Å². The molecule has 3 aromatic carbocycles.